The summed E-state index contributed by atoms with van der Waals surface area (Å²) in [6.45, 7) is 3.38. The van der Waals surface area contributed by atoms with Crippen LogP contribution in [0.2, 0.25) is 0 Å². The van der Waals surface area contributed by atoms with E-state index in [0.29, 0.717) is 5.41 Å². The normalized spacial score (nSPS) is 30.2. The average molecular weight is 221 g/mol. The van der Waals surface area contributed by atoms with Gasteiger partial charge in [0.25, 0.3) is 0 Å². The van der Waals surface area contributed by atoms with Gasteiger partial charge in [0.05, 0.1) is 0 Å². The highest BCUT2D eigenvalue weighted by Crippen LogP contribution is 2.57. The Morgan fingerprint density at radius 3 is 2.65 bits per heavy atom. The van der Waals surface area contributed by atoms with E-state index >= 15 is 0 Å². The Hall–Kier alpha value is -1.63. The molecule has 0 aromatic heterocycles. The molecule has 1 aliphatic carbocycles. The van der Waals surface area contributed by atoms with Crippen LogP contribution in [-0.4, -0.2) is 12.3 Å². The van der Waals surface area contributed by atoms with E-state index in [1.807, 2.05) is 0 Å². The van der Waals surface area contributed by atoms with E-state index in [0.717, 1.165) is 12.5 Å². The summed E-state index contributed by atoms with van der Waals surface area (Å²) in [6, 6.07) is 15.3. The summed E-state index contributed by atoms with van der Waals surface area (Å²) in [5.74, 6) is 0.726. The minimum Gasteiger partial charge on any atom is -0.288 e. The van der Waals surface area contributed by atoms with Crippen molar-refractivity contribution in [3.05, 3.63) is 48.0 Å². The maximum atomic E-state index is 4.73. The van der Waals surface area contributed by atoms with E-state index in [9.17, 15) is 0 Å². The van der Waals surface area contributed by atoms with Gasteiger partial charge in [0, 0.05) is 18.2 Å². The quantitative estimate of drug-likeness (QED) is 0.696. The molecule has 2 aliphatic rings. The number of rotatable bonds is 1. The van der Waals surface area contributed by atoms with Gasteiger partial charge in [-0.3, -0.25) is 4.99 Å². The van der Waals surface area contributed by atoms with E-state index < -0.39 is 0 Å². The summed E-state index contributed by atoms with van der Waals surface area (Å²) in [6.07, 6.45) is 1.33. The molecule has 0 radical (unpaired) electrons. The Balaban J connectivity index is 1.82. The molecular weight excluding hydrogens is 206 g/mol. The first-order valence-electron chi connectivity index (χ1n) is 6.30. The molecule has 1 fully saturated rings. The van der Waals surface area contributed by atoms with E-state index in [4.69, 9.17) is 4.99 Å². The average Bonchev–Trinajstić information content (AvgIpc) is 2.92. The minimum atomic E-state index is 0.501. The van der Waals surface area contributed by atoms with Gasteiger partial charge in [0.1, 0.15) is 0 Å². The Labute approximate surface area is 101 Å². The number of hydrogen-bond acceptors (Lipinski definition) is 1. The molecule has 0 saturated heterocycles. The van der Waals surface area contributed by atoms with E-state index in [-0.39, 0.29) is 0 Å². The number of hydrogen-bond donors (Lipinski definition) is 0. The summed E-state index contributed by atoms with van der Waals surface area (Å²) in [5, 5.41) is 2.63. The zero-order chi connectivity index (χ0) is 11.5. The molecule has 4 rings (SSSR count). The molecule has 2 atom stereocenters. The lowest BCUT2D eigenvalue weighted by Gasteiger charge is -2.04. The molecular formula is C16H15N. The van der Waals surface area contributed by atoms with E-state index in [1.54, 1.807) is 0 Å². The SMILES string of the molecule is CC12CN=C(c3ccc4ccccc4c3)C1C2. The predicted molar refractivity (Wildman–Crippen MR) is 71.6 cm³/mol. The molecule has 17 heavy (non-hydrogen) atoms. The monoisotopic (exact) mass is 221 g/mol. The van der Waals surface area contributed by atoms with Gasteiger partial charge in [-0.15, -0.1) is 0 Å². The summed E-state index contributed by atoms with van der Waals surface area (Å²) < 4.78 is 0. The molecule has 1 aliphatic heterocycles. The lowest BCUT2D eigenvalue weighted by molar-refractivity contribution is 0.592. The van der Waals surface area contributed by atoms with Crippen LogP contribution < -0.4 is 0 Å². The van der Waals surface area contributed by atoms with Crippen LogP contribution >= 0.6 is 0 Å². The van der Waals surface area contributed by atoms with Crippen molar-refractivity contribution in [1.82, 2.24) is 0 Å². The molecule has 84 valence electrons. The number of aliphatic imine (C=N–C) groups is 1. The van der Waals surface area contributed by atoms with E-state index in [2.05, 4.69) is 49.4 Å². The van der Waals surface area contributed by atoms with Gasteiger partial charge in [-0.05, 0) is 34.2 Å². The lowest BCUT2D eigenvalue weighted by Crippen LogP contribution is -2.02. The standard InChI is InChI=1S/C16H15N/c1-16-9-14(16)15(17-10-16)13-7-6-11-4-2-3-5-12(11)8-13/h2-8,14H,9-10H2,1H3. The topological polar surface area (TPSA) is 12.4 Å². The first kappa shape index (κ1) is 9.41. The summed E-state index contributed by atoms with van der Waals surface area (Å²) in [4.78, 5) is 4.73. The molecule has 0 spiro atoms. The van der Waals surface area contributed by atoms with Gasteiger partial charge in [0.15, 0.2) is 0 Å². The third-order valence-electron chi connectivity index (χ3n) is 4.34. The van der Waals surface area contributed by atoms with Crippen LogP contribution in [0.3, 0.4) is 0 Å². The minimum absolute atomic E-state index is 0.501. The predicted octanol–water partition coefficient (Wildman–Crippen LogP) is 3.67. The van der Waals surface area contributed by atoms with Crippen molar-refractivity contribution >= 4 is 16.5 Å². The smallest absolute Gasteiger partial charge is 0.0458 e. The van der Waals surface area contributed by atoms with Crippen LogP contribution in [0.5, 0.6) is 0 Å². The van der Waals surface area contributed by atoms with Gasteiger partial charge in [-0.1, -0.05) is 43.3 Å². The molecule has 1 heteroatoms. The number of benzene rings is 2. The Bertz CT molecular complexity index is 641. The fourth-order valence-corrected chi connectivity index (χ4v) is 3.03. The van der Waals surface area contributed by atoms with E-state index in [1.165, 1.54) is 28.5 Å². The highest BCUT2D eigenvalue weighted by atomic mass is 14.9. The van der Waals surface area contributed by atoms with Gasteiger partial charge < -0.3 is 0 Å². The van der Waals surface area contributed by atoms with Crippen molar-refractivity contribution in [3.8, 4) is 0 Å². The third kappa shape index (κ3) is 1.28. The van der Waals surface area contributed by atoms with Crippen LogP contribution in [0.4, 0.5) is 0 Å². The largest absolute Gasteiger partial charge is 0.288 e. The second-order valence-corrected chi connectivity index (χ2v) is 5.67. The second-order valence-electron chi connectivity index (χ2n) is 5.67. The Kier molecular flexibility index (Phi) is 1.65. The van der Waals surface area contributed by atoms with Crippen LogP contribution in [0, 0.1) is 11.3 Å². The zero-order valence-corrected chi connectivity index (χ0v) is 9.98. The first-order valence-corrected chi connectivity index (χ1v) is 6.30. The first-order chi connectivity index (χ1) is 8.26. The zero-order valence-electron chi connectivity index (χ0n) is 9.98. The summed E-state index contributed by atoms with van der Waals surface area (Å²) in [5.41, 5.74) is 3.18. The summed E-state index contributed by atoms with van der Waals surface area (Å²) in [7, 11) is 0. The van der Waals surface area contributed by atoms with Crippen molar-refractivity contribution in [2.24, 2.45) is 16.3 Å². The molecule has 2 unspecified atom stereocenters. The third-order valence-corrected chi connectivity index (χ3v) is 4.34. The summed E-state index contributed by atoms with van der Waals surface area (Å²) >= 11 is 0. The Morgan fingerprint density at radius 1 is 1.12 bits per heavy atom. The van der Waals surface area contributed by atoms with Crippen molar-refractivity contribution in [2.75, 3.05) is 6.54 Å². The highest BCUT2D eigenvalue weighted by Gasteiger charge is 2.56. The maximum absolute atomic E-state index is 4.73. The van der Waals surface area contributed by atoms with Gasteiger partial charge >= 0.3 is 0 Å². The van der Waals surface area contributed by atoms with Crippen LogP contribution in [-0.2, 0) is 0 Å². The number of nitrogens with zero attached hydrogens (tertiary/aromatic N) is 1. The molecule has 2 aromatic carbocycles. The maximum Gasteiger partial charge on any atom is 0.0458 e. The van der Waals surface area contributed by atoms with Crippen molar-refractivity contribution in [1.29, 1.82) is 0 Å². The van der Waals surface area contributed by atoms with Gasteiger partial charge in [0.2, 0.25) is 0 Å². The van der Waals surface area contributed by atoms with Crippen molar-refractivity contribution in [3.63, 3.8) is 0 Å². The fourth-order valence-electron chi connectivity index (χ4n) is 3.03. The van der Waals surface area contributed by atoms with Crippen LogP contribution in [0.15, 0.2) is 47.5 Å². The molecule has 1 heterocycles. The van der Waals surface area contributed by atoms with Crippen molar-refractivity contribution in [2.45, 2.75) is 13.3 Å². The van der Waals surface area contributed by atoms with Gasteiger partial charge in [-0.2, -0.15) is 0 Å². The fraction of sp³-hybridized carbons (Fsp3) is 0.312. The molecule has 1 saturated carbocycles. The van der Waals surface area contributed by atoms with Gasteiger partial charge in [-0.25, -0.2) is 0 Å². The molecule has 0 N–H and O–H groups in total. The van der Waals surface area contributed by atoms with Crippen LogP contribution in [0.1, 0.15) is 18.9 Å². The highest BCUT2D eigenvalue weighted by molar-refractivity contribution is 6.08. The number of fused-ring (bicyclic) bond motifs is 2. The van der Waals surface area contributed by atoms with Crippen LogP contribution in [0.25, 0.3) is 10.8 Å². The Morgan fingerprint density at radius 2 is 1.94 bits per heavy atom. The molecule has 0 amide bonds. The van der Waals surface area contributed by atoms with Crippen molar-refractivity contribution < 1.29 is 0 Å². The second kappa shape index (κ2) is 2.98. The molecule has 2 aromatic rings. The lowest BCUT2D eigenvalue weighted by atomic mass is 10.00. The molecule has 0 bridgehead atoms. The molecule has 1 nitrogen and oxygen atoms in total.